The summed E-state index contributed by atoms with van der Waals surface area (Å²) < 4.78 is 3.86. The molecular weight excluding hydrogens is 805 g/mol. The van der Waals surface area contributed by atoms with E-state index in [9.17, 15) is 28.8 Å². The number of imide groups is 2. The van der Waals surface area contributed by atoms with Crippen LogP contribution >= 0.6 is 0 Å². The number of aliphatic carboxylic acids is 1. The van der Waals surface area contributed by atoms with E-state index >= 15 is 0 Å². The van der Waals surface area contributed by atoms with Gasteiger partial charge >= 0.3 is 0 Å². The Kier molecular flexibility index (Phi) is 895. The Morgan fingerprint density at radius 1 is 0.444 bits per heavy atom. The zero-order chi connectivity index (χ0) is 34.4. The van der Waals surface area contributed by atoms with Crippen LogP contribution in [-0.4, -0.2) is 98.1 Å². The minimum Gasteiger partial charge on any atom is -0.481 e. The molecule has 14 heteroatoms. The van der Waals surface area contributed by atoms with Crippen LogP contribution in [0.3, 0.4) is 0 Å². The molecule has 2 aliphatic heterocycles. The molecule has 63 heavy (non-hydrogen) atoms. The Morgan fingerprint density at radius 2 is 0.524 bits per heavy atom. The first kappa shape index (κ1) is 252. The van der Waals surface area contributed by atoms with Crippen LogP contribution in [0.5, 0.6) is 0 Å². The summed E-state index contributed by atoms with van der Waals surface area (Å²) in [6.07, 6.45) is 0.215. The summed E-state index contributed by atoms with van der Waals surface area (Å²) in [5, 5.41) is 12.2. The highest BCUT2D eigenvalue weighted by Gasteiger charge is 2.30. The third kappa shape index (κ3) is 290. The molecule has 2 heterocycles. The minimum atomic E-state index is -0.833. The lowest BCUT2D eigenvalue weighted by Gasteiger charge is -2.22. The van der Waals surface area contributed by atoms with E-state index in [-0.39, 0.29) is 219 Å². The highest BCUT2D eigenvalue weighted by atomic mass is 16.5. The van der Waals surface area contributed by atoms with Gasteiger partial charge in [0, 0.05) is 49.0 Å². The van der Waals surface area contributed by atoms with Gasteiger partial charge in [-0.15, -0.1) is 0 Å². The van der Waals surface area contributed by atoms with E-state index in [0.29, 0.717) is 6.47 Å². The number of ether oxygens (including phenoxy) is 1. The van der Waals surface area contributed by atoms with E-state index in [1.165, 1.54) is 35.1 Å². The van der Waals surface area contributed by atoms with Gasteiger partial charge < -0.3 is 20.5 Å². The van der Waals surface area contributed by atoms with Crippen molar-refractivity contribution in [2.75, 3.05) is 35.3 Å². The summed E-state index contributed by atoms with van der Waals surface area (Å²) in [6.45, 7) is 20.4. The zero-order valence-electron chi connectivity index (χ0n) is 27.5. The van der Waals surface area contributed by atoms with Crippen LogP contribution in [-0.2, 0) is 43.1 Å². The number of likely N-dealkylation sites (tertiary alicyclic amines) is 2. The fraction of sp³-hybridized carbons (Fsp3) is 0.837. The lowest BCUT2D eigenvalue weighted by Crippen LogP contribution is -2.45. The number of nitrogens with zero attached hydrogens (tertiary/aromatic N) is 2. The summed E-state index contributed by atoms with van der Waals surface area (Å²) in [7, 11) is 7.47. The third-order valence-electron chi connectivity index (χ3n) is 2.90. The van der Waals surface area contributed by atoms with Gasteiger partial charge in [0.1, 0.15) is 12.8 Å². The Morgan fingerprint density at radius 3 is 0.524 bits per heavy atom. The van der Waals surface area contributed by atoms with Crippen LogP contribution in [0.2, 0.25) is 0 Å². The van der Waals surface area contributed by atoms with Crippen LogP contribution in [0.1, 0.15) is 260 Å². The molecule has 0 aromatic heterocycles. The minimum absolute atomic E-state index is 0. The van der Waals surface area contributed by atoms with Gasteiger partial charge in [0.25, 0.3) is 12.4 Å². The molecule has 0 saturated carbocycles. The molecule has 0 radical (unpaired) electrons. The summed E-state index contributed by atoms with van der Waals surface area (Å²) in [5.41, 5.74) is 0. The number of hydrogen-bond donors (Lipinski definition) is 3. The molecule has 2 rings (SSSR count). The molecule has 2 saturated heterocycles. The summed E-state index contributed by atoms with van der Waals surface area (Å²) in [4.78, 5) is 80.2. The zero-order valence-corrected chi connectivity index (χ0v) is 27.5. The predicted molar refractivity (Wildman–Crippen MR) is 311 cm³/mol. The van der Waals surface area contributed by atoms with Gasteiger partial charge in [0.15, 0.2) is 0 Å². The monoisotopic (exact) mass is 953 g/mol. The van der Waals surface area contributed by atoms with E-state index < -0.39 is 5.97 Å². The first-order valence-corrected chi connectivity index (χ1v) is 12.7. The summed E-state index contributed by atoms with van der Waals surface area (Å²) in [6, 6.07) is 0. The van der Waals surface area contributed by atoms with Crippen LogP contribution < -0.4 is 10.6 Å². The van der Waals surface area contributed by atoms with Crippen LogP contribution in [0, 0.1) is 0 Å². The van der Waals surface area contributed by atoms with E-state index in [4.69, 9.17) is 14.7 Å². The second kappa shape index (κ2) is 223. The van der Waals surface area contributed by atoms with Crippen molar-refractivity contribution in [1.29, 1.82) is 0 Å². The van der Waals surface area contributed by atoms with Crippen molar-refractivity contribution in [2.45, 2.75) is 260 Å². The average molecular weight is 954 g/mol. The van der Waals surface area contributed by atoms with Crippen LogP contribution in [0.15, 0.2) is 0 Å². The standard InChI is InChI=1S/2C4H5NO2.2C3H7NO.2C2H4O2.4C2H6.23CH4/c2*1-5-3(6)2-4(5)7;2*1-3(5)4-2;1-4-2-3;1-2(3)4;4*1-2;;;;;;;;;;;;;;;;;;;;;;;/h2*2H2,1H3;2*1-2H3,(H,4,5);2H,1H3;1H3,(H,3,4);4*1-2H3;23*1H4. The second-order valence-corrected chi connectivity index (χ2v) is 5.51. The molecule has 0 aliphatic carbocycles. The molecule has 424 valence electrons. The number of β-lactam (4-membered cyclic amide) rings is 4. The first-order valence-electron chi connectivity index (χ1n) is 12.7. The highest BCUT2D eigenvalue weighted by molar-refractivity contribution is 6.14. The van der Waals surface area contributed by atoms with Crippen LogP contribution in [0.25, 0.3) is 0 Å². The Balaban J connectivity index is -0.00000000613. The number of carboxylic acids is 1. The number of nitrogens with one attached hydrogen (secondary N) is 2. The quantitative estimate of drug-likeness (QED) is 0.129. The normalized spacial score (nSPS) is 6.60. The number of rotatable bonds is 1. The number of methoxy groups -OCH3 is 1. The van der Waals surface area contributed by atoms with Gasteiger partial charge in [-0.05, 0) is 0 Å². The molecule has 0 spiro atoms. The Hall–Kier alpha value is -3.84. The number of carbonyl (C=O) groups is 8. The van der Waals surface area contributed by atoms with Gasteiger partial charge in [-0.25, -0.2) is 0 Å². The van der Waals surface area contributed by atoms with E-state index in [0.717, 1.165) is 16.7 Å². The maximum absolute atomic E-state index is 10.1. The number of hydrogen-bond acceptors (Lipinski definition) is 9. The smallest absolute Gasteiger partial charge is 0.300 e. The van der Waals surface area contributed by atoms with Crippen molar-refractivity contribution in [3.63, 3.8) is 0 Å². The van der Waals surface area contributed by atoms with Gasteiger partial charge in [0.2, 0.25) is 35.4 Å². The fourth-order valence-electron chi connectivity index (χ4n) is 0.829. The van der Waals surface area contributed by atoms with Crippen molar-refractivity contribution >= 4 is 47.9 Å². The average Bonchev–Trinajstić information content (AvgIpc) is 2.98. The van der Waals surface area contributed by atoms with Crippen molar-refractivity contribution in [1.82, 2.24) is 20.4 Å². The number of carboxylic acid groups (broad SMARTS) is 1. The van der Waals surface area contributed by atoms with Crippen molar-refractivity contribution in [3.05, 3.63) is 0 Å². The van der Waals surface area contributed by atoms with Gasteiger partial charge in [-0.1, -0.05) is 226 Å². The first-order chi connectivity index (χ1) is 18.6. The number of amides is 6. The Bertz CT molecular complexity index is 603. The van der Waals surface area contributed by atoms with Gasteiger partial charge in [-0.3, -0.25) is 48.2 Å². The summed E-state index contributed by atoms with van der Waals surface area (Å²) in [5.74, 6) is -1.14. The van der Waals surface area contributed by atoms with E-state index in [1.54, 1.807) is 14.1 Å². The lowest BCUT2D eigenvalue weighted by molar-refractivity contribution is -0.157. The van der Waals surface area contributed by atoms with E-state index in [1.807, 2.05) is 55.4 Å². The molecule has 0 atom stereocenters. The summed E-state index contributed by atoms with van der Waals surface area (Å²) >= 11 is 0. The topological polar surface area (TPSA) is 197 Å². The van der Waals surface area contributed by atoms with Gasteiger partial charge in [0.05, 0.1) is 7.11 Å². The predicted octanol–water partition coefficient (Wildman–Crippen LogP) is 16.9. The maximum atomic E-state index is 10.1. The van der Waals surface area contributed by atoms with Gasteiger partial charge in [-0.2, -0.15) is 0 Å². The molecule has 2 aliphatic rings. The largest absolute Gasteiger partial charge is 0.481 e. The molecule has 0 bridgehead atoms. The SMILES string of the molecule is C.C.C.C.C.C.C.C.C.C.C.C.C.C.C.C.C.C.C.C.C.C.C.CC.CC.CC.CC.CC(=O)O.CN1C(=O)CC1=O.CN1C(=O)CC1=O.CNC(C)=O.CNC(C)=O.COC=O. The fourth-order valence-corrected chi connectivity index (χ4v) is 0.829. The molecular formula is C49H148N4O10. The molecule has 0 aromatic carbocycles. The molecule has 0 unspecified atom stereocenters. The van der Waals surface area contributed by atoms with Crippen molar-refractivity contribution in [2.24, 2.45) is 0 Å². The molecule has 3 N–H and O–H groups in total. The third-order valence-corrected chi connectivity index (χ3v) is 2.90. The molecule has 14 nitrogen and oxygen atoms in total. The molecule has 6 amide bonds. The Labute approximate surface area is 410 Å². The lowest BCUT2D eigenvalue weighted by atomic mass is 10.2. The van der Waals surface area contributed by atoms with Crippen molar-refractivity contribution < 1.29 is 48.2 Å². The maximum Gasteiger partial charge on any atom is 0.300 e. The van der Waals surface area contributed by atoms with Crippen molar-refractivity contribution in [3.8, 4) is 0 Å². The van der Waals surface area contributed by atoms with Crippen LogP contribution in [0.4, 0.5) is 0 Å². The second-order valence-electron chi connectivity index (χ2n) is 5.51. The number of carbonyl (C=O) groups excluding carboxylic acids is 7. The van der Waals surface area contributed by atoms with E-state index in [2.05, 4.69) is 15.4 Å². The molecule has 2 fully saturated rings. The molecule has 0 aromatic rings. The highest BCUT2D eigenvalue weighted by Crippen LogP contribution is 2.05.